The molecule has 0 radical (unpaired) electrons. The molecule has 0 spiro atoms. The van der Waals surface area contributed by atoms with E-state index in [2.05, 4.69) is 16.0 Å². The number of hydrogen-bond donors (Lipinski definition) is 3. The van der Waals surface area contributed by atoms with Crippen LogP contribution < -0.4 is 20.7 Å². The zero-order valence-corrected chi connectivity index (χ0v) is 15.3. The number of benzene rings is 2. The summed E-state index contributed by atoms with van der Waals surface area (Å²) in [7, 11) is 0. The highest BCUT2D eigenvalue weighted by atomic mass is 32.1. The van der Waals surface area contributed by atoms with E-state index in [-0.39, 0.29) is 24.3 Å². The second-order valence-electron chi connectivity index (χ2n) is 5.98. The van der Waals surface area contributed by atoms with E-state index in [4.69, 9.17) is 4.74 Å². The maximum absolute atomic E-state index is 12.8. The number of carbonyl (C=O) groups is 3. The number of para-hydroxylation sites is 1. The van der Waals surface area contributed by atoms with E-state index in [1.54, 1.807) is 54.6 Å². The quantitative estimate of drug-likeness (QED) is 0.631. The summed E-state index contributed by atoms with van der Waals surface area (Å²) in [5.74, 6) is -0.368. The fourth-order valence-corrected chi connectivity index (χ4v) is 3.36. The molecule has 2 aromatic carbocycles. The van der Waals surface area contributed by atoms with Gasteiger partial charge in [-0.25, -0.2) is 0 Å². The van der Waals surface area contributed by atoms with Crippen molar-refractivity contribution in [1.29, 1.82) is 0 Å². The van der Waals surface area contributed by atoms with E-state index in [0.717, 1.165) is 0 Å². The second kappa shape index (κ2) is 7.53. The summed E-state index contributed by atoms with van der Waals surface area (Å²) in [6.07, 6.45) is 0. The number of nitrogens with one attached hydrogen (secondary N) is 3. The highest BCUT2D eigenvalue weighted by molar-refractivity contribution is 7.12. The molecule has 7 nitrogen and oxygen atoms in total. The maximum Gasteiger partial charge on any atom is 0.265 e. The third-order valence-corrected chi connectivity index (χ3v) is 4.90. The standard InChI is InChI=1S/C20H15N3O4S/c24-18-11-27-16-8-7-12(10-15(16)22-18)21-19(25)13-4-1-2-5-14(13)23-20(26)17-6-3-9-28-17/h1-10H,11H2,(H,21,25)(H,22,24)(H,23,26). The lowest BCUT2D eigenvalue weighted by Gasteiger charge is -2.19. The number of hydrogen-bond acceptors (Lipinski definition) is 5. The van der Waals surface area contributed by atoms with Crippen molar-refractivity contribution < 1.29 is 19.1 Å². The van der Waals surface area contributed by atoms with E-state index in [0.29, 0.717) is 33.3 Å². The van der Waals surface area contributed by atoms with Gasteiger partial charge in [-0.3, -0.25) is 14.4 Å². The zero-order valence-electron chi connectivity index (χ0n) is 14.5. The smallest absolute Gasteiger partial charge is 0.265 e. The summed E-state index contributed by atoms with van der Waals surface area (Å²) in [5.41, 5.74) is 1.72. The van der Waals surface area contributed by atoms with Crippen LogP contribution in [-0.2, 0) is 4.79 Å². The lowest BCUT2D eigenvalue weighted by atomic mass is 10.1. The minimum Gasteiger partial charge on any atom is -0.482 e. The Bertz CT molecular complexity index is 1060. The van der Waals surface area contributed by atoms with Gasteiger partial charge >= 0.3 is 0 Å². The Morgan fingerprint density at radius 2 is 1.86 bits per heavy atom. The molecule has 0 bridgehead atoms. The Hall–Kier alpha value is -3.65. The summed E-state index contributed by atoms with van der Waals surface area (Å²) in [4.78, 5) is 37.1. The van der Waals surface area contributed by atoms with Crippen molar-refractivity contribution in [3.8, 4) is 5.75 Å². The largest absolute Gasteiger partial charge is 0.482 e. The van der Waals surface area contributed by atoms with Gasteiger partial charge in [0.15, 0.2) is 6.61 Å². The van der Waals surface area contributed by atoms with Crippen LogP contribution in [0.25, 0.3) is 0 Å². The number of fused-ring (bicyclic) bond motifs is 1. The molecule has 8 heteroatoms. The van der Waals surface area contributed by atoms with Crippen molar-refractivity contribution in [3.63, 3.8) is 0 Å². The number of amides is 3. The molecule has 140 valence electrons. The average molecular weight is 393 g/mol. The van der Waals surface area contributed by atoms with Gasteiger partial charge in [0, 0.05) is 5.69 Å². The molecule has 3 amide bonds. The molecule has 1 aliphatic heterocycles. The number of ether oxygens (including phenoxy) is 1. The lowest BCUT2D eigenvalue weighted by molar-refractivity contribution is -0.118. The fourth-order valence-electron chi connectivity index (χ4n) is 2.74. The van der Waals surface area contributed by atoms with Gasteiger partial charge in [-0.2, -0.15) is 0 Å². The maximum atomic E-state index is 12.8. The van der Waals surface area contributed by atoms with Crippen molar-refractivity contribution >= 4 is 46.1 Å². The van der Waals surface area contributed by atoms with E-state index >= 15 is 0 Å². The predicted octanol–water partition coefficient (Wildman–Crippen LogP) is 3.58. The normalized spacial score (nSPS) is 12.4. The minimum absolute atomic E-state index is 0.0317. The van der Waals surface area contributed by atoms with Gasteiger partial charge in [0.2, 0.25) is 0 Å². The molecule has 0 aliphatic carbocycles. The Morgan fingerprint density at radius 3 is 2.68 bits per heavy atom. The fraction of sp³-hybridized carbons (Fsp3) is 0.0500. The van der Waals surface area contributed by atoms with Crippen LogP contribution in [0.2, 0.25) is 0 Å². The van der Waals surface area contributed by atoms with Crippen LogP contribution in [0.5, 0.6) is 5.75 Å². The Kier molecular flexibility index (Phi) is 4.77. The van der Waals surface area contributed by atoms with Gasteiger partial charge in [-0.05, 0) is 41.8 Å². The molecule has 1 aromatic heterocycles. The molecular weight excluding hydrogens is 378 g/mol. The summed E-state index contributed by atoms with van der Waals surface area (Å²) in [5, 5.41) is 10.1. The first-order valence-electron chi connectivity index (χ1n) is 8.42. The van der Waals surface area contributed by atoms with E-state index in [1.807, 2.05) is 5.38 Å². The van der Waals surface area contributed by atoms with Crippen molar-refractivity contribution in [3.05, 3.63) is 70.4 Å². The molecule has 28 heavy (non-hydrogen) atoms. The topological polar surface area (TPSA) is 96.5 Å². The van der Waals surface area contributed by atoms with Crippen molar-refractivity contribution in [2.24, 2.45) is 0 Å². The average Bonchev–Trinajstić information content (AvgIpc) is 3.23. The van der Waals surface area contributed by atoms with Gasteiger partial charge < -0.3 is 20.7 Å². The van der Waals surface area contributed by atoms with Gasteiger partial charge in [-0.1, -0.05) is 18.2 Å². The van der Waals surface area contributed by atoms with Crippen LogP contribution in [-0.4, -0.2) is 24.3 Å². The van der Waals surface area contributed by atoms with E-state index in [9.17, 15) is 14.4 Å². The third-order valence-electron chi connectivity index (χ3n) is 4.04. The highest BCUT2D eigenvalue weighted by Crippen LogP contribution is 2.31. The Balaban J connectivity index is 1.53. The molecule has 4 rings (SSSR count). The number of anilines is 3. The van der Waals surface area contributed by atoms with Crippen molar-refractivity contribution in [2.75, 3.05) is 22.6 Å². The molecule has 3 N–H and O–H groups in total. The number of thiophene rings is 1. The molecule has 3 aromatic rings. The lowest BCUT2D eigenvalue weighted by Crippen LogP contribution is -2.25. The summed E-state index contributed by atoms with van der Waals surface area (Å²) >= 11 is 1.32. The molecule has 0 saturated heterocycles. The minimum atomic E-state index is -0.384. The van der Waals surface area contributed by atoms with E-state index in [1.165, 1.54) is 11.3 Å². The van der Waals surface area contributed by atoms with Crippen molar-refractivity contribution in [2.45, 2.75) is 0 Å². The van der Waals surface area contributed by atoms with Gasteiger partial charge in [0.05, 0.1) is 21.8 Å². The van der Waals surface area contributed by atoms with Crippen molar-refractivity contribution in [1.82, 2.24) is 0 Å². The first kappa shape index (κ1) is 17.7. The third kappa shape index (κ3) is 3.72. The van der Waals surface area contributed by atoms with Gasteiger partial charge in [0.1, 0.15) is 5.75 Å². The predicted molar refractivity (Wildman–Crippen MR) is 107 cm³/mol. The zero-order chi connectivity index (χ0) is 19.5. The molecule has 0 saturated carbocycles. The SMILES string of the molecule is O=C1COc2ccc(NC(=O)c3ccccc3NC(=O)c3cccs3)cc2N1. The van der Waals surface area contributed by atoms with Crippen LogP contribution in [0.4, 0.5) is 17.1 Å². The van der Waals surface area contributed by atoms with Crippen LogP contribution >= 0.6 is 11.3 Å². The van der Waals surface area contributed by atoms with Crippen LogP contribution in [0, 0.1) is 0 Å². The second-order valence-corrected chi connectivity index (χ2v) is 6.93. The number of rotatable bonds is 4. The first-order chi connectivity index (χ1) is 13.6. The van der Waals surface area contributed by atoms with E-state index < -0.39 is 0 Å². The Morgan fingerprint density at radius 1 is 1.00 bits per heavy atom. The molecule has 0 fully saturated rings. The first-order valence-corrected chi connectivity index (χ1v) is 9.30. The van der Waals surface area contributed by atoms with Crippen LogP contribution in [0.15, 0.2) is 60.0 Å². The van der Waals surface area contributed by atoms with Crippen LogP contribution in [0.1, 0.15) is 20.0 Å². The summed E-state index contributed by atoms with van der Waals surface area (Å²) < 4.78 is 5.31. The molecule has 1 aliphatic rings. The summed E-state index contributed by atoms with van der Waals surface area (Å²) in [6.45, 7) is -0.0317. The molecule has 2 heterocycles. The number of carbonyl (C=O) groups excluding carboxylic acids is 3. The van der Waals surface area contributed by atoms with Crippen LogP contribution in [0.3, 0.4) is 0 Å². The molecule has 0 unspecified atom stereocenters. The van der Waals surface area contributed by atoms with Gasteiger partial charge in [0.25, 0.3) is 17.7 Å². The Labute approximate surface area is 164 Å². The monoisotopic (exact) mass is 393 g/mol. The molecular formula is C20H15N3O4S. The van der Waals surface area contributed by atoms with Gasteiger partial charge in [-0.15, -0.1) is 11.3 Å². The highest BCUT2D eigenvalue weighted by Gasteiger charge is 2.18. The molecule has 0 atom stereocenters. The summed E-state index contributed by atoms with van der Waals surface area (Å²) in [6, 6.07) is 15.2.